The maximum Gasteiger partial charge on any atom is 0.173 e. The van der Waals surface area contributed by atoms with E-state index in [1.807, 2.05) is 69.5 Å². The predicted octanol–water partition coefficient (Wildman–Crippen LogP) is 2.65. The number of allylic oxidation sites excluding steroid dienone is 4. The van der Waals surface area contributed by atoms with Crippen molar-refractivity contribution < 1.29 is 4.79 Å². The number of hydrogen-bond donors (Lipinski definition) is 3. The van der Waals surface area contributed by atoms with Crippen molar-refractivity contribution in [3.8, 4) is 0 Å². The monoisotopic (exact) mass is 476 g/mol. The number of ketones is 1. The van der Waals surface area contributed by atoms with Crippen LogP contribution in [0.5, 0.6) is 0 Å². The molecule has 36 heavy (non-hydrogen) atoms. The van der Waals surface area contributed by atoms with Crippen molar-refractivity contribution in [2.24, 2.45) is 21.3 Å². The van der Waals surface area contributed by atoms with Crippen molar-refractivity contribution in [2.45, 2.75) is 44.7 Å². The number of rotatable bonds is 2. The molecule has 5 aliphatic rings. The summed E-state index contributed by atoms with van der Waals surface area (Å²) in [6.07, 6.45) is 20.2. The van der Waals surface area contributed by atoms with E-state index in [1.54, 1.807) is 0 Å². The van der Waals surface area contributed by atoms with E-state index in [2.05, 4.69) is 38.5 Å². The number of nitrogens with one attached hydrogen (secondary N) is 3. The lowest BCUT2D eigenvalue weighted by Crippen LogP contribution is -2.47. The summed E-state index contributed by atoms with van der Waals surface area (Å²) in [7, 11) is 0. The summed E-state index contributed by atoms with van der Waals surface area (Å²) in [6, 6.07) is 4.08. The zero-order chi connectivity index (χ0) is 24.7. The molecule has 1 saturated heterocycles. The van der Waals surface area contributed by atoms with Gasteiger partial charge in [-0.2, -0.15) is 0 Å². The number of imidazole rings is 1. The maximum atomic E-state index is 14.2. The van der Waals surface area contributed by atoms with Gasteiger partial charge in [-0.15, -0.1) is 0 Å². The highest BCUT2D eigenvalue weighted by Gasteiger charge is 2.60. The Morgan fingerprint density at radius 3 is 2.47 bits per heavy atom. The molecule has 180 valence electrons. The number of hydrogen-bond acceptors (Lipinski definition) is 5. The Morgan fingerprint density at radius 2 is 1.75 bits per heavy atom. The predicted molar refractivity (Wildman–Crippen MR) is 141 cm³/mol. The number of aromatic nitrogens is 3. The average Bonchev–Trinajstić information content (AvgIpc) is 3.16. The minimum atomic E-state index is -0.795. The van der Waals surface area contributed by atoms with Gasteiger partial charge >= 0.3 is 0 Å². The number of aryl methyl sites for hydroxylation is 1. The summed E-state index contributed by atoms with van der Waals surface area (Å²) in [5.74, 6) is 1.26. The lowest BCUT2D eigenvalue weighted by Gasteiger charge is -2.26. The number of Topliss-reactive ketones (excluding diaryl/α,β-unsaturated/α-hetero) is 1. The molecule has 2 fully saturated rings. The van der Waals surface area contributed by atoms with Gasteiger partial charge in [0.2, 0.25) is 0 Å². The van der Waals surface area contributed by atoms with E-state index < -0.39 is 16.5 Å². The molecule has 2 aromatic rings. The second-order valence-corrected chi connectivity index (χ2v) is 11.0. The standard InChI is InChI=1S/C29H28N6O/c1-17-30-16-25(31-17)28-11-10-22(34-28)13-21-7-6-19(32-21)12-20-8-9-23(33-20)14-29(18-4-5-18)26(36)27(2,3)24(15-28)35-29/h6-16,18,32,35H,4-5H2,1-3H3,(H,30,31). The summed E-state index contributed by atoms with van der Waals surface area (Å²) in [5, 5.41) is 5.65. The van der Waals surface area contributed by atoms with E-state index in [4.69, 9.17) is 9.98 Å². The lowest BCUT2D eigenvalue weighted by molar-refractivity contribution is -0.127. The molecule has 0 amide bonds. The molecule has 3 N–H and O–H groups in total. The Labute approximate surface area is 208 Å². The number of carbonyl (C=O) groups is 1. The van der Waals surface area contributed by atoms with Crippen LogP contribution in [0.3, 0.4) is 0 Å². The van der Waals surface area contributed by atoms with Crippen molar-refractivity contribution >= 4 is 29.4 Å². The van der Waals surface area contributed by atoms with Crippen LogP contribution < -0.4 is 16.0 Å². The van der Waals surface area contributed by atoms with Crippen LogP contribution in [0.15, 0.2) is 76.2 Å². The molecule has 6 heterocycles. The molecule has 7 nitrogen and oxygen atoms in total. The van der Waals surface area contributed by atoms with E-state index in [0.717, 1.165) is 57.9 Å². The van der Waals surface area contributed by atoms with Crippen molar-refractivity contribution in [1.82, 2.24) is 20.3 Å². The Morgan fingerprint density at radius 1 is 0.972 bits per heavy atom. The second-order valence-electron chi connectivity index (χ2n) is 11.0. The van der Waals surface area contributed by atoms with Crippen molar-refractivity contribution in [3.63, 3.8) is 0 Å². The second kappa shape index (κ2) is 7.03. The van der Waals surface area contributed by atoms with Crippen LogP contribution >= 0.6 is 0 Å². The van der Waals surface area contributed by atoms with Gasteiger partial charge in [-0.25, -0.2) is 9.98 Å². The number of fused-ring (bicyclic) bond motifs is 6. The normalized spacial score (nSPS) is 29.7. The van der Waals surface area contributed by atoms with Gasteiger partial charge in [0, 0.05) is 16.4 Å². The molecule has 2 aromatic heterocycles. The van der Waals surface area contributed by atoms with Crippen LogP contribution in [0.1, 0.15) is 38.2 Å². The number of aromatic amines is 2. The van der Waals surface area contributed by atoms with Crippen LogP contribution in [0.25, 0.3) is 12.2 Å². The van der Waals surface area contributed by atoms with Crippen LogP contribution in [-0.2, 0) is 10.3 Å². The molecule has 0 aromatic carbocycles. The number of nitrogens with zero attached hydrogens (tertiary/aromatic N) is 3. The minimum absolute atomic E-state index is 0.184. The third kappa shape index (κ3) is 3.11. The Bertz CT molecular complexity index is 1630. The van der Waals surface area contributed by atoms with Gasteiger partial charge in [0.25, 0.3) is 0 Å². The van der Waals surface area contributed by atoms with Crippen molar-refractivity contribution in [2.75, 3.05) is 0 Å². The highest BCUT2D eigenvalue weighted by Crippen LogP contribution is 2.52. The summed E-state index contributed by atoms with van der Waals surface area (Å²) in [4.78, 5) is 35.4. The van der Waals surface area contributed by atoms with E-state index in [9.17, 15) is 4.79 Å². The maximum absolute atomic E-state index is 14.2. The largest absolute Gasteiger partial charge is 0.372 e. The van der Waals surface area contributed by atoms with Crippen molar-refractivity contribution in [1.29, 1.82) is 0 Å². The molecule has 0 radical (unpaired) electrons. The van der Waals surface area contributed by atoms with E-state index >= 15 is 0 Å². The first-order valence-corrected chi connectivity index (χ1v) is 12.5. The molecule has 4 aliphatic heterocycles. The van der Waals surface area contributed by atoms with Gasteiger partial charge in [-0.1, -0.05) is 0 Å². The van der Waals surface area contributed by atoms with Crippen molar-refractivity contribution in [3.05, 3.63) is 88.4 Å². The van der Waals surface area contributed by atoms with E-state index in [0.29, 0.717) is 0 Å². The quantitative estimate of drug-likeness (QED) is 0.622. The first kappa shape index (κ1) is 21.3. The molecule has 8 bridgehead atoms. The van der Waals surface area contributed by atoms with E-state index in [1.165, 1.54) is 0 Å². The zero-order valence-electron chi connectivity index (χ0n) is 20.6. The third-order valence-corrected chi connectivity index (χ3v) is 7.90. The summed E-state index contributed by atoms with van der Waals surface area (Å²) in [6.45, 7) is 5.96. The molecule has 1 aliphatic carbocycles. The molecule has 2 atom stereocenters. The number of H-pyrrole nitrogens is 2. The average molecular weight is 477 g/mol. The summed E-state index contributed by atoms with van der Waals surface area (Å²) in [5.41, 5.74) is 1.99. The molecule has 2 unspecified atom stereocenters. The minimum Gasteiger partial charge on any atom is -0.372 e. The first-order valence-electron chi connectivity index (χ1n) is 12.5. The van der Waals surface area contributed by atoms with Gasteiger partial charge in [0.05, 0.1) is 34.4 Å². The fourth-order valence-corrected chi connectivity index (χ4v) is 5.78. The van der Waals surface area contributed by atoms with Crippen LogP contribution in [0.2, 0.25) is 0 Å². The highest BCUT2D eigenvalue weighted by molar-refractivity contribution is 6.20. The SMILES string of the molecule is Cc1ncc(C23C=CC(=N2)C=c2ccc([nH]2)=CC2=NC(=CC4(C5CC5)NC(=C3)C(C)(C)C4=O)C=C2)[nH]1. The molecule has 7 rings (SSSR count). The van der Waals surface area contributed by atoms with Gasteiger partial charge < -0.3 is 15.3 Å². The Hall–Kier alpha value is -4.00. The van der Waals surface area contributed by atoms with Gasteiger partial charge in [-0.3, -0.25) is 9.79 Å². The van der Waals surface area contributed by atoms with Crippen LogP contribution in [0.4, 0.5) is 0 Å². The number of aliphatic imine (C=N–C) groups is 2. The van der Waals surface area contributed by atoms with Gasteiger partial charge in [0.1, 0.15) is 16.9 Å². The molecular weight excluding hydrogens is 448 g/mol. The zero-order valence-corrected chi connectivity index (χ0v) is 20.6. The lowest BCUT2D eigenvalue weighted by atomic mass is 9.77. The fraction of sp³-hybridized carbons (Fsp3) is 0.310. The summed E-state index contributed by atoms with van der Waals surface area (Å²) < 4.78 is 0. The fourth-order valence-electron chi connectivity index (χ4n) is 5.78. The van der Waals surface area contributed by atoms with Crippen LogP contribution in [-0.4, -0.2) is 37.7 Å². The highest BCUT2D eigenvalue weighted by atomic mass is 16.1. The summed E-state index contributed by atoms with van der Waals surface area (Å²) >= 11 is 0. The topological polar surface area (TPSA) is 98.3 Å². The third-order valence-electron chi connectivity index (χ3n) is 7.90. The smallest absolute Gasteiger partial charge is 0.173 e. The number of carbonyl (C=O) groups excluding carboxylic acids is 1. The van der Waals surface area contributed by atoms with E-state index in [-0.39, 0.29) is 11.7 Å². The molecule has 1 saturated carbocycles. The first-order chi connectivity index (χ1) is 17.3. The molecule has 7 heteroatoms. The Balaban J connectivity index is 1.51. The van der Waals surface area contributed by atoms with Gasteiger partial charge in [0.15, 0.2) is 5.78 Å². The molecule has 0 spiro atoms. The van der Waals surface area contributed by atoms with Crippen LogP contribution in [0, 0.1) is 18.3 Å². The Kier molecular flexibility index (Phi) is 4.16. The van der Waals surface area contributed by atoms with Gasteiger partial charge in [-0.05, 0) is 100 Å². The molecular formula is C29H28N6O.